The van der Waals surface area contributed by atoms with E-state index in [2.05, 4.69) is 27.1 Å². The van der Waals surface area contributed by atoms with Crippen molar-refractivity contribution in [2.75, 3.05) is 0 Å². The number of aryl methyl sites for hydroxylation is 1. The van der Waals surface area contributed by atoms with E-state index < -0.39 is 0 Å². The van der Waals surface area contributed by atoms with Crippen LogP contribution in [-0.2, 0) is 0 Å². The lowest BCUT2D eigenvalue weighted by molar-refractivity contribution is 0.442. The number of hydrogen-bond donors (Lipinski definition) is 1. The lowest BCUT2D eigenvalue weighted by atomic mass is 10.0. The molecule has 1 aromatic carbocycles. The minimum Gasteiger partial charge on any atom is -0.326 e. The van der Waals surface area contributed by atoms with Gasteiger partial charge in [0, 0.05) is 10.5 Å². The van der Waals surface area contributed by atoms with Crippen LogP contribution in [0.15, 0.2) is 28.7 Å². The van der Waals surface area contributed by atoms with E-state index >= 15 is 0 Å². The van der Waals surface area contributed by atoms with Gasteiger partial charge in [-0.1, -0.05) is 45.7 Å². The monoisotopic (exact) mass is 341 g/mol. The molecule has 2 rings (SSSR count). The maximum Gasteiger partial charge on any atom is 0.0931 e. The van der Waals surface area contributed by atoms with E-state index in [-0.39, 0.29) is 12.1 Å². The van der Waals surface area contributed by atoms with Crippen LogP contribution in [0.1, 0.15) is 29.9 Å². The number of halogens is 2. The molecule has 1 aromatic heterocycles. The van der Waals surface area contributed by atoms with E-state index in [1.54, 1.807) is 0 Å². The minimum atomic E-state index is -0.0761. The molecule has 0 amide bonds. The van der Waals surface area contributed by atoms with Gasteiger partial charge >= 0.3 is 0 Å². The second-order valence-electron chi connectivity index (χ2n) is 4.75. The van der Waals surface area contributed by atoms with Crippen molar-refractivity contribution in [3.8, 4) is 0 Å². The minimum absolute atomic E-state index is 0.0400. The molecule has 0 radical (unpaired) electrons. The van der Waals surface area contributed by atoms with E-state index in [0.29, 0.717) is 5.02 Å². The van der Waals surface area contributed by atoms with Gasteiger partial charge in [0.2, 0.25) is 0 Å². The molecule has 0 aliphatic rings. The molecule has 2 atom stereocenters. The van der Waals surface area contributed by atoms with E-state index in [9.17, 15) is 0 Å². The molecular weight excluding hydrogens is 326 g/mol. The average molecular weight is 343 g/mol. The molecule has 102 valence electrons. The third-order valence-electron chi connectivity index (χ3n) is 3.22. The molecule has 2 unspecified atom stereocenters. The van der Waals surface area contributed by atoms with E-state index in [1.165, 1.54) is 0 Å². The summed E-state index contributed by atoms with van der Waals surface area (Å²) in [5, 5.41) is 5.24. The Morgan fingerprint density at radius 2 is 1.95 bits per heavy atom. The number of rotatable bonds is 3. The van der Waals surface area contributed by atoms with E-state index in [4.69, 9.17) is 17.3 Å². The zero-order valence-corrected chi connectivity index (χ0v) is 13.5. The van der Waals surface area contributed by atoms with Gasteiger partial charge in [-0.05, 0) is 32.4 Å². The van der Waals surface area contributed by atoms with Gasteiger partial charge in [-0.2, -0.15) is 5.10 Å². The van der Waals surface area contributed by atoms with Gasteiger partial charge < -0.3 is 5.73 Å². The Labute approximate surface area is 126 Å². The van der Waals surface area contributed by atoms with Gasteiger partial charge in [-0.3, -0.25) is 4.68 Å². The maximum atomic E-state index is 6.24. The third kappa shape index (κ3) is 2.71. The summed E-state index contributed by atoms with van der Waals surface area (Å²) in [6.07, 6.45) is 0. The Morgan fingerprint density at radius 1 is 1.32 bits per heavy atom. The summed E-state index contributed by atoms with van der Waals surface area (Å²) in [5.74, 6) is 0. The molecule has 0 saturated carbocycles. The zero-order chi connectivity index (χ0) is 14.2. The molecule has 19 heavy (non-hydrogen) atoms. The first-order valence-corrected chi connectivity index (χ1v) is 7.31. The Hall–Kier alpha value is -0.840. The molecule has 2 N–H and O–H groups in total. The van der Waals surface area contributed by atoms with Crippen LogP contribution in [-0.4, -0.2) is 15.8 Å². The summed E-state index contributed by atoms with van der Waals surface area (Å²) in [4.78, 5) is 0. The lowest BCUT2D eigenvalue weighted by Gasteiger charge is -2.24. The summed E-state index contributed by atoms with van der Waals surface area (Å²) in [7, 11) is 0. The number of nitrogens with zero attached hydrogens (tertiary/aromatic N) is 2. The molecule has 0 aliphatic heterocycles. The molecule has 0 spiro atoms. The standard InChI is InChI=1S/C14H17BrClN3/c1-8(17)14(11-6-4-5-7-12(11)15)19-10(3)13(16)9(2)18-19/h4-8,14H,17H2,1-3H3. The fourth-order valence-electron chi connectivity index (χ4n) is 2.27. The number of nitrogens with two attached hydrogens (primary N) is 1. The predicted molar refractivity (Wildman–Crippen MR) is 82.6 cm³/mol. The lowest BCUT2D eigenvalue weighted by Crippen LogP contribution is -2.31. The second kappa shape index (κ2) is 5.65. The number of hydrogen-bond acceptors (Lipinski definition) is 2. The van der Waals surface area contributed by atoms with Crippen molar-refractivity contribution >= 4 is 27.5 Å². The first kappa shape index (κ1) is 14.6. The fraction of sp³-hybridized carbons (Fsp3) is 0.357. The van der Waals surface area contributed by atoms with Gasteiger partial charge in [0.25, 0.3) is 0 Å². The summed E-state index contributed by atoms with van der Waals surface area (Å²) in [6.45, 7) is 5.85. The van der Waals surface area contributed by atoms with Crippen LogP contribution < -0.4 is 5.73 Å². The topological polar surface area (TPSA) is 43.8 Å². The molecule has 0 fully saturated rings. The zero-order valence-electron chi connectivity index (χ0n) is 11.2. The van der Waals surface area contributed by atoms with Crippen molar-refractivity contribution in [2.24, 2.45) is 5.73 Å². The maximum absolute atomic E-state index is 6.24. The van der Waals surface area contributed by atoms with Gasteiger partial charge in [-0.25, -0.2) is 0 Å². The number of aromatic nitrogens is 2. The Balaban J connectivity index is 2.59. The molecule has 1 heterocycles. The van der Waals surface area contributed by atoms with Gasteiger partial charge in [-0.15, -0.1) is 0 Å². The molecule has 0 bridgehead atoms. The average Bonchev–Trinajstić information content (AvgIpc) is 2.60. The Morgan fingerprint density at radius 3 is 2.42 bits per heavy atom. The van der Waals surface area contributed by atoms with Gasteiger partial charge in [0.1, 0.15) is 0 Å². The van der Waals surface area contributed by atoms with Crippen LogP contribution in [0.4, 0.5) is 0 Å². The predicted octanol–water partition coefficient (Wildman–Crippen LogP) is 3.85. The Bertz CT molecular complexity index is 592. The largest absolute Gasteiger partial charge is 0.326 e. The third-order valence-corrected chi connectivity index (χ3v) is 4.49. The van der Waals surface area contributed by atoms with E-state index in [1.807, 2.05) is 43.7 Å². The molecule has 3 nitrogen and oxygen atoms in total. The van der Waals surface area contributed by atoms with Crippen LogP contribution >= 0.6 is 27.5 Å². The van der Waals surface area contributed by atoms with Crippen molar-refractivity contribution < 1.29 is 0 Å². The Kier molecular flexibility index (Phi) is 4.33. The van der Waals surface area contributed by atoms with Crippen molar-refractivity contribution in [3.63, 3.8) is 0 Å². The van der Waals surface area contributed by atoms with Crippen LogP contribution in [0, 0.1) is 13.8 Å². The quantitative estimate of drug-likeness (QED) is 0.920. The van der Waals surface area contributed by atoms with Crippen LogP contribution in [0.25, 0.3) is 0 Å². The summed E-state index contributed by atoms with van der Waals surface area (Å²) < 4.78 is 2.95. The summed E-state index contributed by atoms with van der Waals surface area (Å²) >= 11 is 9.82. The highest BCUT2D eigenvalue weighted by Crippen LogP contribution is 2.31. The van der Waals surface area contributed by atoms with Crippen molar-refractivity contribution in [1.82, 2.24) is 9.78 Å². The van der Waals surface area contributed by atoms with E-state index in [0.717, 1.165) is 21.4 Å². The molecule has 5 heteroatoms. The highest BCUT2D eigenvalue weighted by Gasteiger charge is 2.24. The SMILES string of the molecule is Cc1nn(C(c2ccccc2Br)C(C)N)c(C)c1Cl. The first-order valence-electron chi connectivity index (χ1n) is 6.14. The van der Waals surface area contributed by atoms with Crippen molar-refractivity contribution in [2.45, 2.75) is 32.9 Å². The summed E-state index contributed by atoms with van der Waals surface area (Å²) in [5.41, 5.74) is 9.06. The van der Waals surface area contributed by atoms with Crippen molar-refractivity contribution in [1.29, 1.82) is 0 Å². The van der Waals surface area contributed by atoms with Gasteiger partial charge in [0.05, 0.1) is 22.5 Å². The van der Waals surface area contributed by atoms with Crippen LogP contribution in [0.5, 0.6) is 0 Å². The summed E-state index contributed by atoms with van der Waals surface area (Å²) in [6, 6.07) is 7.94. The molecule has 0 saturated heterocycles. The fourth-order valence-corrected chi connectivity index (χ4v) is 2.91. The normalized spacial score (nSPS) is 14.4. The highest BCUT2D eigenvalue weighted by atomic mass is 79.9. The first-order chi connectivity index (χ1) is 8.93. The van der Waals surface area contributed by atoms with Crippen LogP contribution in [0.3, 0.4) is 0 Å². The smallest absolute Gasteiger partial charge is 0.0931 e. The molecule has 0 aliphatic carbocycles. The second-order valence-corrected chi connectivity index (χ2v) is 5.99. The molecular formula is C14H17BrClN3. The van der Waals surface area contributed by atoms with Gasteiger partial charge in [0.15, 0.2) is 0 Å². The van der Waals surface area contributed by atoms with Crippen LogP contribution in [0.2, 0.25) is 5.02 Å². The highest BCUT2D eigenvalue weighted by molar-refractivity contribution is 9.10. The van der Waals surface area contributed by atoms with Crippen molar-refractivity contribution in [3.05, 3.63) is 50.7 Å². The molecule has 2 aromatic rings. The number of benzene rings is 1.